The van der Waals surface area contributed by atoms with Gasteiger partial charge in [0, 0.05) is 11.6 Å². The first-order valence-electron chi connectivity index (χ1n) is 8.09. The maximum atomic E-state index is 13.1. The molecule has 0 spiro atoms. The van der Waals surface area contributed by atoms with Gasteiger partial charge in [0.25, 0.3) is 5.91 Å². The van der Waals surface area contributed by atoms with E-state index >= 15 is 0 Å². The molecule has 2 aromatic heterocycles. The van der Waals surface area contributed by atoms with Crippen LogP contribution in [-0.4, -0.2) is 35.4 Å². The van der Waals surface area contributed by atoms with Crippen molar-refractivity contribution in [2.75, 3.05) is 13.7 Å². The Bertz CT molecular complexity index is 937. The normalized spacial score (nSPS) is 10.6. The summed E-state index contributed by atoms with van der Waals surface area (Å²) in [6.45, 7) is 1.94. The third-order valence-electron chi connectivity index (χ3n) is 3.84. The molecule has 0 atom stereocenters. The second-order valence-electron chi connectivity index (χ2n) is 5.77. The van der Waals surface area contributed by atoms with Crippen LogP contribution in [0.3, 0.4) is 0 Å². The van der Waals surface area contributed by atoms with Crippen molar-refractivity contribution >= 4 is 46.2 Å². The SMILES string of the molecule is COC(=O)CN(Cc1ccc(Cl)cc1)C(=O)c1sc(-c2cccs2)nc1C. The Hall–Kier alpha value is -2.22. The highest BCUT2D eigenvalue weighted by atomic mass is 35.5. The van der Waals surface area contributed by atoms with Gasteiger partial charge in [0.1, 0.15) is 16.4 Å². The van der Waals surface area contributed by atoms with Crippen LogP contribution in [0.15, 0.2) is 41.8 Å². The van der Waals surface area contributed by atoms with Gasteiger partial charge in [0.15, 0.2) is 0 Å². The molecule has 8 heteroatoms. The summed E-state index contributed by atoms with van der Waals surface area (Å²) in [5, 5.41) is 3.39. The maximum Gasteiger partial charge on any atom is 0.325 e. The summed E-state index contributed by atoms with van der Waals surface area (Å²) in [7, 11) is 1.31. The Labute approximate surface area is 170 Å². The Kier molecular flexibility index (Phi) is 6.26. The molecule has 1 amide bonds. The van der Waals surface area contributed by atoms with Crippen LogP contribution in [0.2, 0.25) is 5.02 Å². The molecule has 0 aliphatic rings. The van der Waals surface area contributed by atoms with E-state index in [0.29, 0.717) is 15.6 Å². The lowest BCUT2D eigenvalue weighted by atomic mass is 10.2. The van der Waals surface area contributed by atoms with Crippen molar-refractivity contribution in [3.63, 3.8) is 0 Å². The number of aromatic nitrogens is 1. The summed E-state index contributed by atoms with van der Waals surface area (Å²) in [6, 6.07) is 11.1. The number of ether oxygens (including phenoxy) is 1. The van der Waals surface area contributed by atoms with Gasteiger partial charge in [-0.25, -0.2) is 4.98 Å². The number of benzene rings is 1. The van der Waals surface area contributed by atoms with Gasteiger partial charge in [-0.3, -0.25) is 9.59 Å². The van der Waals surface area contributed by atoms with Crippen LogP contribution >= 0.6 is 34.3 Å². The first-order chi connectivity index (χ1) is 13.0. The Morgan fingerprint density at radius 3 is 2.59 bits per heavy atom. The quantitative estimate of drug-likeness (QED) is 0.544. The minimum absolute atomic E-state index is 0.135. The first kappa shape index (κ1) is 19.5. The topological polar surface area (TPSA) is 59.5 Å². The predicted octanol–water partition coefficient (Wildman–Crippen LogP) is 4.65. The number of carbonyl (C=O) groups excluding carboxylic acids is 2. The fourth-order valence-electron chi connectivity index (χ4n) is 2.47. The van der Waals surface area contributed by atoms with Gasteiger partial charge >= 0.3 is 5.97 Å². The van der Waals surface area contributed by atoms with Gasteiger partial charge in [0.05, 0.1) is 17.7 Å². The van der Waals surface area contributed by atoms with Crippen LogP contribution in [0.5, 0.6) is 0 Å². The van der Waals surface area contributed by atoms with E-state index in [1.807, 2.05) is 29.6 Å². The van der Waals surface area contributed by atoms with Gasteiger partial charge in [-0.2, -0.15) is 0 Å². The number of halogens is 1. The minimum Gasteiger partial charge on any atom is -0.468 e. The van der Waals surface area contributed by atoms with Crippen LogP contribution in [0.4, 0.5) is 0 Å². The van der Waals surface area contributed by atoms with E-state index in [0.717, 1.165) is 15.4 Å². The van der Waals surface area contributed by atoms with Crippen molar-refractivity contribution in [2.45, 2.75) is 13.5 Å². The van der Waals surface area contributed by atoms with Gasteiger partial charge in [-0.1, -0.05) is 29.8 Å². The summed E-state index contributed by atoms with van der Waals surface area (Å²) in [5.41, 5.74) is 1.52. The van der Waals surface area contributed by atoms with Gasteiger partial charge in [-0.05, 0) is 36.1 Å². The van der Waals surface area contributed by atoms with Crippen LogP contribution in [0.1, 0.15) is 20.9 Å². The maximum absolute atomic E-state index is 13.1. The van der Waals surface area contributed by atoms with Crippen molar-refractivity contribution < 1.29 is 14.3 Å². The van der Waals surface area contributed by atoms with E-state index < -0.39 is 5.97 Å². The molecule has 3 aromatic rings. The number of carbonyl (C=O) groups is 2. The number of nitrogens with zero attached hydrogens (tertiary/aromatic N) is 2. The molecule has 1 aromatic carbocycles. The third-order valence-corrected chi connectivity index (χ3v) is 6.28. The average molecular weight is 421 g/mol. The van der Waals surface area contributed by atoms with E-state index in [-0.39, 0.29) is 19.0 Å². The molecule has 3 rings (SSSR count). The lowest BCUT2D eigenvalue weighted by molar-refractivity contribution is -0.141. The molecule has 2 heterocycles. The van der Waals surface area contributed by atoms with Crippen LogP contribution in [-0.2, 0) is 16.1 Å². The standard InChI is InChI=1S/C19H17ClN2O3S2/c1-12-17(27-18(21-12)15-4-3-9-26-15)19(24)22(11-16(23)25-2)10-13-5-7-14(20)8-6-13/h3-9H,10-11H2,1-2H3. The molecule has 0 N–H and O–H groups in total. The number of thiophene rings is 1. The molecule has 0 unspecified atom stereocenters. The first-order valence-corrected chi connectivity index (χ1v) is 10.2. The summed E-state index contributed by atoms with van der Waals surface area (Å²) in [4.78, 5) is 32.5. The molecular weight excluding hydrogens is 404 g/mol. The molecule has 0 fully saturated rings. The second kappa shape index (κ2) is 8.65. The van der Waals surface area contributed by atoms with E-state index in [1.165, 1.54) is 23.3 Å². The Morgan fingerprint density at radius 2 is 1.96 bits per heavy atom. The highest BCUT2D eigenvalue weighted by Gasteiger charge is 2.24. The summed E-state index contributed by atoms with van der Waals surface area (Å²) in [6.07, 6.45) is 0. The van der Waals surface area contributed by atoms with E-state index in [4.69, 9.17) is 16.3 Å². The van der Waals surface area contributed by atoms with Gasteiger partial charge < -0.3 is 9.64 Å². The zero-order valence-corrected chi connectivity index (χ0v) is 17.2. The van der Waals surface area contributed by atoms with E-state index in [9.17, 15) is 9.59 Å². The number of amides is 1. The molecule has 0 radical (unpaired) electrons. The summed E-state index contributed by atoms with van der Waals surface area (Å²) >= 11 is 8.83. The Morgan fingerprint density at radius 1 is 1.22 bits per heavy atom. The van der Waals surface area contributed by atoms with E-state index in [1.54, 1.807) is 30.4 Å². The summed E-state index contributed by atoms with van der Waals surface area (Å²) in [5.74, 6) is -0.717. The van der Waals surface area contributed by atoms with Gasteiger partial charge in [-0.15, -0.1) is 22.7 Å². The molecule has 140 valence electrons. The van der Waals surface area contributed by atoms with E-state index in [2.05, 4.69) is 4.98 Å². The van der Waals surface area contributed by atoms with Gasteiger partial charge in [0.2, 0.25) is 0 Å². The number of hydrogen-bond acceptors (Lipinski definition) is 6. The number of methoxy groups -OCH3 is 1. The molecule has 0 aliphatic heterocycles. The van der Waals surface area contributed by atoms with Crippen molar-refractivity contribution in [3.8, 4) is 9.88 Å². The second-order valence-corrected chi connectivity index (χ2v) is 8.16. The number of hydrogen-bond donors (Lipinski definition) is 0. The van der Waals surface area contributed by atoms with Crippen molar-refractivity contribution in [2.24, 2.45) is 0 Å². The zero-order chi connectivity index (χ0) is 19.4. The molecule has 27 heavy (non-hydrogen) atoms. The van der Waals surface area contributed by atoms with Crippen LogP contribution < -0.4 is 0 Å². The highest BCUT2D eigenvalue weighted by Crippen LogP contribution is 2.32. The number of esters is 1. The molecule has 0 saturated heterocycles. The fourth-order valence-corrected chi connectivity index (χ4v) is 4.43. The van der Waals surface area contributed by atoms with Crippen molar-refractivity contribution in [3.05, 3.63) is 62.9 Å². The highest BCUT2D eigenvalue weighted by molar-refractivity contribution is 7.22. The lowest BCUT2D eigenvalue weighted by Gasteiger charge is -2.21. The Balaban J connectivity index is 1.88. The molecule has 5 nitrogen and oxygen atoms in total. The number of aryl methyl sites for hydroxylation is 1. The number of thiazole rings is 1. The monoisotopic (exact) mass is 420 g/mol. The largest absolute Gasteiger partial charge is 0.468 e. The zero-order valence-electron chi connectivity index (χ0n) is 14.8. The molecule has 0 bridgehead atoms. The summed E-state index contributed by atoms with van der Waals surface area (Å²) < 4.78 is 4.75. The molecule has 0 saturated carbocycles. The van der Waals surface area contributed by atoms with Crippen molar-refractivity contribution in [1.29, 1.82) is 0 Å². The van der Waals surface area contributed by atoms with Crippen LogP contribution in [0, 0.1) is 6.92 Å². The smallest absolute Gasteiger partial charge is 0.325 e. The van der Waals surface area contributed by atoms with Crippen LogP contribution in [0.25, 0.3) is 9.88 Å². The third kappa shape index (κ3) is 4.74. The molecule has 0 aliphatic carbocycles. The average Bonchev–Trinajstić information content (AvgIpc) is 3.31. The predicted molar refractivity (Wildman–Crippen MR) is 108 cm³/mol. The number of rotatable bonds is 6. The van der Waals surface area contributed by atoms with Crippen molar-refractivity contribution in [1.82, 2.24) is 9.88 Å². The fraction of sp³-hybridized carbons (Fsp3) is 0.211. The minimum atomic E-state index is -0.474. The lowest BCUT2D eigenvalue weighted by Crippen LogP contribution is -2.35. The molecular formula is C19H17ClN2O3S2.